The first kappa shape index (κ1) is 17.7. The molecule has 0 saturated heterocycles. The van der Waals surface area contributed by atoms with Crippen LogP contribution in [0.5, 0.6) is 0 Å². The number of amides is 1. The number of pyridine rings is 1. The van der Waals surface area contributed by atoms with Crippen LogP contribution in [-0.2, 0) is 4.79 Å². The van der Waals surface area contributed by atoms with Gasteiger partial charge in [0.2, 0.25) is 5.91 Å². The van der Waals surface area contributed by atoms with Gasteiger partial charge in [0.05, 0.1) is 18.8 Å². The monoisotopic (exact) mass is 347 g/mol. The summed E-state index contributed by atoms with van der Waals surface area (Å²) in [5.74, 6) is 0.256. The minimum atomic E-state index is -0.178. The van der Waals surface area contributed by atoms with Gasteiger partial charge in [0, 0.05) is 24.8 Å². The molecule has 0 aliphatic rings. The third-order valence-corrected chi connectivity index (χ3v) is 4.18. The summed E-state index contributed by atoms with van der Waals surface area (Å²) in [4.78, 5) is 24.4. The van der Waals surface area contributed by atoms with E-state index in [1.165, 1.54) is 23.5 Å². The Kier molecular flexibility index (Phi) is 5.66. The Hall–Kier alpha value is -3.12. The number of anilines is 1. The number of hydrogen-bond acceptors (Lipinski definition) is 5. The molecule has 6 heteroatoms. The molecule has 0 unspecified atom stereocenters. The number of benzene rings is 1. The second-order valence-corrected chi connectivity index (χ2v) is 6.08. The molecular weight excluding hydrogens is 326 g/mol. The van der Waals surface area contributed by atoms with Crippen molar-refractivity contribution in [1.82, 2.24) is 20.3 Å². The maximum atomic E-state index is 12.2. The topological polar surface area (TPSA) is 79.8 Å². The minimum absolute atomic E-state index is 0.129. The van der Waals surface area contributed by atoms with Crippen LogP contribution in [-0.4, -0.2) is 27.4 Å². The highest BCUT2D eigenvalue weighted by Crippen LogP contribution is 2.23. The number of carbonyl (C=O) groups is 1. The average Bonchev–Trinajstić information content (AvgIpc) is 2.66. The summed E-state index contributed by atoms with van der Waals surface area (Å²) < 4.78 is 0. The van der Waals surface area contributed by atoms with E-state index in [2.05, 4.69) is 57.6 Å². The van der Waals surface area contributed by atoms with Crippen molar-refractivity contribution >= 4 is 11.7 Å². The summed E-state index contributed by atoms with van der Waals surface area (Å²) in [5.41, 5.74) is 4.54. The Morgan fingerprint density at radius 1 is 1.00 bits per heavy atom. The van der Waals surface area contributed by atoms with Crippen LogP contribution in [0, 0.1) is 13.8 Å². The van der Waals surface area contributed by atoms with Crippen molar-refractivity contribution in [3.63, 3.8) is 0 Å². The van der Waals surface area contributed by atoms with E-state index in [1.807, 2.05) is 18.3 Å². The fourth-order valence-electron chi connectivity index (χ4n) is 2.66. The summed E-state index contributed by atoms with van der Waals surface area (Å²) >= 11 is 0. The van der Waals surface area contributed by atoms with Crippen LogP contribution in [0.15, 0.2) is 61.3 Å². The van der Waals surface area contributed by atoms with Gasteiger partial charge in [-0.1, -0.05) is 24.3 Å². The average molecular weight is 347 g/mol. The highest BCUT2D eigenvalue weighted by atomic mass is 16.2. The van der Waals surface area contributed by atoms with Gasteiger partial charge in [-0.25, -0.2) is 4.98 Å². The molecule has 0 radical (unpaired) electrons. The fraction of sp³-hybridized carbons (Fsp3) is 0.200. The van der Waals surface area contributed by atoms with Crippen molar-refractivity contribution in [3.05, 3.63) is 83.6 Å². The third-order valence-electron chi connectivity index (χ3n) is 4.18. The lowest BCUT2D eigenvalue weighted by Gasteiger charge is -2.20. The molecule has 0 bridgehead atoms. The number of nitrogens with zero attached hydrogens (tertiary/aromatic N) is 3. The standard InChI is InChI=1S/C20H21N5O/c1-14-5-6-16(10-15(14)2)20(17-4-3-7-21-11-17)24-13-19(26)25-18-12-22-8-9-23-18/h3-12,20,24H,13H2,1-2H3,(H,23,25,26)/t20-/m1/s1. The van der Waals surface area contributed by atoms with E-state index in [1.54, 1.807) is 12.4 Å². The first-order chi connectivity index (χ1) is 12.6. The predicted molar refractivity (Wildman–Crippen MR) is 101 cm³/mol. The molecule has 0 spiro atoms. The van der Waals surface area contributed by atoms with E-state index >= 15 is 0 Å². The van der Waals surface area contributed by atoms with Gasteiger partial charge in [-0.2, -0.15) is 0 Å². The zero-order chi connectivity index (χ0) is 18.4. The summed E-state index contributed by atoms with van der Waals surface area (Å²) in [7, 11) is 0. The Morgan fingerprint density at radius 3 is 2.54 bits per heavy atom. The molecule has 26 heavy (non-hydrogen) atoms. The maximum absolute atomic E-state index is 12.2. The van der Waals surface area contributed by atoms with E-state index in [0.717, 1.165) is 11.1 Å². The van der Waals surface area contributed by atoms with Crippen molar-refractivity contribution in [1.29, 1.82) is 0 Å². The summed E-state index contributed by atoms with van der Waals surface area (Å²) in [6, 6.07) is 10.1. The largest absolute Gasteiger partial charge is 0.308 e. The maximum Gasteiger partial charge on any atom is 0.239 e. The first-order valence-electron chi connectivity index (χ1n) is 8.40. The summed E-state index contributed by atoms with van der Waals surface area (Å²) in [6.45, 7) is 4.31. The lowest BCUT2D eigenvalue weighted by molar-refractivity contribution is -0.115. The van der Waals surface area contributed by atoms with Crippen LogP contribution in [0.4, 0.5) is 5.82 Å². The third kappa shape index (κ3) is 4.49. The Labute approximate surface area is 152 Å². The summed E-state index contributed by atoms with van der Waals surface area (Å²) in [5, 5.41) is 6.05. The molecule has 1 amide bonds. The van der Waals surface area contributed by atoms with Crippen molar-refractivity contribution < 1.29 is 4.79 Å². The van der Waals surface area contributed by atoms with E-state index < -0.39 is 0 Å². The van der Waals surface area contributed by atoms with Crippen molar-refractivity contribution in [2.75, 3.05) is 11.9 Å². The van der Waals surface area contributed by atoms with Crippen molar-refractivity contribution in [2.45, 2.75) is 19.9 Å². The molecule has 1 aromatic carbocycles. The number of hydrogen-bond donors (Lipinski definition) is 2. The molecule has 2 heterocycles. The molecule has 3 rings (SSSR count). The van der Waals surface area contributed by atoms with Gasteiger partial charge >= 0.3 is 0 Å². The number of carbonyl (C=O) groups excluding carboxylic acids is 1. The molecule has 2 aromatic heterocycles. The molecule has 0 aliphatic carbocycles. The minimum Gasteiger partial charge on any atom is -0.308 e. The normalized spacial score (nSPS) is 11.8. The van der Waals surface area contributed by atoms with Crippen LogP contribution in [0.1, 0.15) is 28.3 Å². The highest BCUT2D eigenvalue weighted by Gasteiger charge is 2.16. The Morgan fingerprint density at radius 2 is 1.85 bits per heavy atom. The van der Waals surface area contributed by atoms with Gasteiger partial charge in [0.1, 0.15) is 0 Å². The highest BCUT2D eigenvalue weighted by molar-refractivity contribution is 5.91. The van der Waals surface area contributed by atoms with Gasteiger partial charge in [-0.05, 0) is 42.2 Å². The van der Waals surface area contributed by atoms with E-state index in [-0.39, 0.29) is 18.5 Å². The number of rotatable bonds is 6. The van der Waals surface area contributed by atoms with E-state index in [4.69, 9.17) is 0 Å². The molecule has 0 fully saturated rings. The van der Waals surface area contributed by atoms with Crippen LogP contribution in [0.25, 0.3) is 0 Å². The van der Waals surface area contributed by atoms with Crippen molar-refractivity contribution in [3.8, 4) is 0 Å². The number of aromatic nitrogens is 3. The Balaban J connectivity index is 1.76. The zero-order valence-electron chi connectivity index (χ0n) is 14.8. The molecule has 0 saturated carbocycles. The summed E-state index contributed by atoms with van der Waals surface area (Å²) in [6.07, 6.45) is 8.16. The number of aryl methyl sites for hydroxylation is 2. The smallest absolute Gasteiger partial charge is 0.239 e. The Bertz CT molecular complexity index is 868. The van der Waals surface area contributed by atoms with Gasteiger partial charge in [0.15, 0.2) is 5.82 Å². The second-order valence-electron chi connectivity index (χ2n) is 6.08. The van der Waals surface area contributed by atoms with E-state index in [9.17, 15) is 4.79 Å². The SMILES string of the molecule is Cc1ccc([C@@H](NCC(=O)Nc2cnccn2)c2cccnc2)cc1C. The van der Waals surface area contributed by atoms with Crippen LogP contribution in [0.2, 0.25) is 0 Å². The van der Waals surface area contributed by atoms with Gasteiger partial charge in [-0.15, -0.1) is 0 Å². The molecule has 0 aliphatic heterocycles. The lowest BCUT2D eigenvalue weighted by atomic mass is 9.96. The molecule has 1 atom stereocenters. The van der Waals surface area contributed by atoms with Crippen LogP contribution >= 0.6 is 0 Å². The first-order valence-corrected chi connectivity index (χ1v) is 8.40. The van der Waals surface area contributed by atoms with Gasteiger partial charge < -0.3 is 5.32 Å². The molecule has 6 nitrogen and oxygen atoms in total. The molecular formula is C20H21N5O. The molecule has 3 aromatic rings. The quantitative estimate of drug-likeness (QED) is 0.717. The fourth-order valence-corrected chi connectivity index (χ4v) is 2.66. The van der Waals surface area contributed by atoms with Gasteiger partial charge in [0.25, 0.3) is 0 Å². The second kappa shape index (κ2) is 8.31. The zero-order valence-corrected chi connectivity index (χ0v) is 14.8. The molecule has 132 valence electrons. The van der Waals surface area contributed by atoms with Crippen molar-refractivity contribution in [2.24, 2.45) is 0 Å². The lowest BCUT2D eigenvalue weighted by Crippen LogP contribution is -2.32. The van der Waals surface area contributed by atoms with E-state index in [0.29, 0.717) is 5.82 Å². The van der Waals surface area contributed by atoms with Gasteiger partial charge in [-0.3, -0.25) is 20.1 Å². The predicted octanol–water partition coefficient (Wildman–Crippen LogP) is 2.81. The van der Waals surface area contributed by atoms with Crippen LogP contribution < -0.4 is 10.6 Å². The molecule has 2 N–H and O–H groups in total. The number of nitrogens with one attached hydrogen (secondary N) is 2. The van der Waals surface area contributed by atoms with Crippen LogP contribution in [0.3, 0.4) is 0 Å².